The second-order valence-corrected chi connectivity index (χ2v) is 8.33. The summed E-state index contributed by atoms with van der Waals surface area (Å²) in [5.74, 6) is -2.15. The van der Waals surface area contributed by atoms with Crippen molar-refractivity contribution in [3.05, 3.63) is 35.7 Å². The SMILES string of the molecule is O=C(O)C1C(Br)CS(=O)(=O)C2/C(=C\c3ccccn3)C(=O)N12. The molecule has 0 saturated carbocycles. The third kappa shape index (κ3) is 2.24. The average molecular weight is 387 g/mol. The Morgan fingerprint density at radius 1 is 1.45 bits per heavy atom. The number of carbonyl (C=O) groups is 2. The number of rotatable bonds is 2. The van der Waals surface area contributed by atoms with E-state index < -0.39 is 38.0 Å². The summed E-state index contributed by atoms with van der Waals surface area (Å²) in [5, 5.41) is 8.03. The summed E-state index contributed by atoms with van der Waals surface area (Å²) in [6.45, 7) is 0. The fraction of sp³-hybridized carbons (Fsp3) is 0.308. The standard InChI is InChI=1S/C13H11BrN2O5S/c14-9-6-22(20,21)12-8(5-7-3-1-2-4-15-7)11(17)16(12)10(9)13(18)19/h1-5,9-10,12H,6H2,(H,18,19)/b8-5-. The molecule has 0 bridgehead atoms. The smallest absolute Gasteiger partial charge is 0.327 e. The van der Waals surface area contributed by atoms with Gasteiger partial charge in [-0.2, -0.15) is 0 Å². The molecular weight excluding hydrogens is 376 g/mol. The molecule has 22 heavy (non-hydrogen) atoms. The fourth-order valence-electron chi connectivity index (χ4n) is 2.69. The summed E-state index contributed by atoms with van der Waals surface area (Å²) >= 11 is 3.06. The number of carboxylic acids is 1. The summed E-state index contributed by atoms with van der Waals surface area (Å²) in [6, 6.07) is 3.86. The molecule has 3 rings (SSSR count). The molecule has 3 heterocycles. The summed E-state index contributed by atoms with van der Waals surface area (Å²) in [5.41, 5.74) is 0.512. The first-order valence-electron chi connectivity index (χ1n) is 6.36. The van der Waals surface area contributed by atoms with Gasteiger partial charge in [0.05, 0.1) is 21.8 Å². The maximum atomic E-state index is 12.3. The van der Waals surface area contributed by atoms with Gasteiger partial charge < -0.3 is 10.0 Å². The van der Waals surface area contributed by atoms with Crippen LogP contribution >= 0.6 is 15.9 Å². The van der Waals surface area contributed by atoms with E-state index >= 15 is 0 Å². The van der Waals surface area contributed by atoms with E-state index in [0.29, 0.717) is 5.69 Å². The molecule has 3 atom stereocenters. The minimum absolute atomic E-state index is 0.0596. The quantitative estimate of drug-likeness (QED) is 0.444. The number of alkyl halides is 1. The molecule has 2 aliphatic rings. The van der Waals surface area contributed by atoms with Crippen LogP contribution in [-0.4, -0.2) is 57.3 Å². The first kappa shape index (κ1) is 15.2. The zero-order valence-electron chi connectivity index (χ0n) is 11.1. The molecule has 2 saturated heterocycles. The van der Waals surface area contributed by atoms with Crippen molar-refractivity contribution in [2.45, 2.75) is 16.2 Å². The number of aliphatic carboxylic acids is 1. The van der Waals surface area contributed by atoms with E-state index in [9.17, 15) is 23.1 Å². The minimum Gasteiger partial charge on any atom is -0.480 e. The maximum absolute atomic E-state index is 12.3. The summed E-state index contributed by atoms with van der Waals surface area (Å²) < 4.78 is 24.6. The number of nitrogens with zero attached hydrogens (tertiary/aromatic N) is 2. The molecule has 1 aromatic rings. The number of pyridine rings is 1. The van der Waals surface area contributed by atoms with E-state index in [1.807, 2.05) is 0 Å². The Labute approximate surface area is 134 Å². The molecule has 1 N–H and O–H groups in total. The third-order valence-corrected chi connectivity index (χ3v) is 6.86. The molecule has 2 aliphatic heterocycles. The van der Waals surface area contributed by atoms with Gasteiger partial charge in [-0.05, 0) is 18.2 Å². The van der Waals surface area contributed by atoms with Gasteiger partial charge in [-0.25, -0.2) is 13.2 Å². The monoisotopic (exact) mass is 386 g/mol. The van der Waals surface area contributed by atoms with Crippen LogP contribution in [0.1, 0.15) is 5.69 Å². The Bertz CT molecular complexity index is 777. The largest absolute Gasteiger partial charge is 0.480 e. The lowest BCUT2D eigenvalue weighted by atomic mass is 9.99. The first-order chi connectivity index (χ1) is 10.3. The van der Waals surface area contributed by atoms with Gasteiger partial charge in [0, 0.05) is 6.20 Å². The Morgan fingerprint density at radius 3 is 2.77 bits per heavy atom. The van der Waals surface area contributed by atoms with Gasteiger partial charge in [-0.3, -0.25) is 9.78 Å². The molecular formula is C13H11BrN2O5S. The molecule has 0 aromatic carbocycles. The first-order valence-corrected chi connectivity index (χ1v) is 9.00. The molecule has 9 heteroatoms. The Morgan fingerprint density at radius 2 is 2.18 bits per heavy atom. The zero-order valence-corrected chi connectivity index (χ0v) is 13.5. The predicted octanol–water partition coefficient (Wildman–Crippen LogP) is 0.278. The van der Waals surface area contributed by atoms with E-state index in [4.69, 9.17) is 0 Å². The molecule has 0 aliphatic carbocycles. The number of aromatic nitrogens is 1. The fourth-order valence-corrected chi connectivity index (χ4v) is 6.21. The Kier molecular flexibility index (Phi) is 3.56. The van der Waals surface area contributed by atoms with Crippen LogP contribution in [0.2, 0.25) is 0 Å². The van der Waals surface area contributed by atoms with Crippen LogP contribution in [0.4, 0.5) is 0 Å². The summed E-state index contributed by atoms with van der Waals surface area (Å²) in [6.07, 6.45) is 2.92. The lowest BCUT2D eigenvalue weighted by Crippen LogP contribution is -2.71. The van der Waals surface area contributed by atoms with Crippen molar-refractivity contribution in [1.29, 1.82) is 0 Å². The van der Waals surface area contributed by atoms with Crippen molar-refractivity contribution in [3.63, 3.8) is 0 Å². The number of fused-ring (bicyclic) bond motifs is 1. The lowest BCUT2D eigenvalue weighted by molar-refractivity contribution is -0.153. The van der Waals surface area contributed by atoms with Crippen LogP contribution < -0.4 is 0 Å². The normalized spacial score (nSPS) is 31.5. The van der Waals surface area contributed by atoms with Gasteiger partial charge in [0.2, 0.25) is 0 Å². The van der Waals surface area contributed by atoms with Crippen LogP contribution in [0, 0.1) is 0 Å². The molecule has 0 radical (unpaired) electrons. The number of hydrogen-bond acceptors (Lipinski definition) is 5. The van der Waals surface area contributed by atoms with Crippen molar-refractivity contribution >= 4 is 43.7 Å². The van der Waals surface area contributed by atoms with Crippen LogP contribution in [0.15, 0.2) is 30.0 Å². The van der Waals surface area contributed by atoms with Gasteiger partial charge in [-0.15, -0.1) is 0 Å². The zero-order chi connectivity index (χ0) is 16.1. The minimum atomic E-state index is -3.64. The van der Waals surface area contributed by atoms with Crippen LogP contribution in [0.3, 0.4) is 0 Å². The Hall–Kier alpha value is -1.74. The number of sulfone groups is 1. The molecule has 1 amide bonds. The molecule has 0 spiro atoms. The number of carboxylic acid groups (broad SMARTS) is 1. The molecule has 2 fully saturated rings. The number of hydrogen-bond donors (Lipinski definition) is 1. The molecule has 7 nitrogen and oxygen atoms in total. The third-order valence-electron chi connectivity index (χ3n) is 3.62. The molecule has 1 aromatic heterocycles. The molecule has 116 valence electrons. The van der Waals surface area contributed by atoms with Gasteiger partial charge in [0.25, 0.3) is 5.91 Å². The number of β-lactam (4-membered cyclic amide) rings is 1. The lowest BCUT2D eigenvalue weighted by Gasteiger charge is -2.49. The maximum Gasteiger partial charge on any atom is 0.327 e. The number of amides is 1. The highest BCUT2D eigenvalue weighted by Gasteiger charge is 2.60. The van der Waals surface area contributed by atoms with Crippen LogP contribution in [0.25, 0.3) is 6.08 Å². The predicted molar refractivity (Wildman–Crippen MR) is 80.8 cm³/mol. The highest BCUT2D eigenvalue weighted by Crippen LogP contribution is 2.40. The second kappa shape index (κ2) is 5.17. The second-order valence-electron chi connectivity index (χ2n) is 5.05. The van der Waals surface area contributed by atoms with Crippen LogP contribution in [0.5, 0.6) is 0 Å². The van der Waals surface area contributed by atoms with E-state index in [0.717, 1.165) is 4.90 Å². The highest BCUT2D eigenvalue weighted by atomic mass is 79.9. The van der Waals surface area contributed by atoms with Crippen molar-refractivity contribution in [2.75, 3.05) is 5.75 Å². The topological polar surface area (TPSA) is 105 Å². The van der Waals surface area contributed by atoms with Crippen molar-refractivity contribution in [3.8, 4) is 0 Å². The van der Waals surface area contributed by atoms with Gasteiger partial charge in [0.1, 0.15) is 6.04 Å². The highest BCUT2D eigenvalue weighted by molar-refractivity contribution is 9.09. The van der Waals surface area contributed by atoms with Crippen molar-refractivity contribution < 1.29 is 23.1 Å². The van der Waals surface area contributed by atoms with E-state index in [1.54, 1.807) is 18.2 Å². The van der Waals surface area contributed by atoms with E-state index in [1.165, 1.54) is 12.3 Å². The van der Waals surface area contributed by atoms with Gasteiger partial charge >= 0.3 is 5.97 Å². The van der Waals surface area contributed by atoms with Gasteiger partial charge in [0.15, 0.2) is 15.2 Å². The van der Waals surface area contributed by atoms with Crippen LogP contribution in [-0.2, 0) is 19.4 Å². The van der Waals surface area contributed by atoms with Crippen molar-refractivity contribution in [2.24, 2.45) is 0 Å². The van der Waals surface area contributed by atoms with E-state index in [-0.39, 0.29) is 11.3 Å². The number of halogens is 1. The summed E-state index contributed by atoms with van der Waals surface area (Å²) in [7, 11) is -3.64. The Balaban J connectivity index is 2.03. The summed E-state index contributed by atoms with van der Waals surface area (Å²) in [4.78, 5) is 27.7. The van der Waals surface area contributed by atoms with E-state index in [2.05, 4.69) is 20.9 Å². The molecule has 3 unspecified atom stereocenters. The van der Waals surface area contributed by atoms with Gasteiger partial charge in [-0.1, -0.05) is 22.0 Å². The van der Waals surface area contributed by atoms with Crippen molar-refractivity contribution in [1.82, 2.24) is 9.88 Å². The number of carbonyl (C=O) groups excluding carboxylic acids is 1. The average Bonchev–Trinajstić information content (AvgIpc) is 2.44.